The highest BCUT2D eigenvalue weighted by atomic mass is 35.5. The number of nitrogens with one attached hydrogen (secondary N) is 1. The average molecular weight is 311 g/mol. The Hall–Kier alpha value is -1.29. The number of benzene rings is 1. The van der Waals surface area contributed by atoms with Crippen molar-refractivity contribution in [2.75, 3.05) is 6.54 Å². The number of halogens is 2. The molecule has 0 aliphatic rings. The zero-order valence-electron chi connectivity index (χ0n) is 11.2. The molecule has 0 atom stereocenters. The van der Waals surface area contributed by atoms with Gasteiger partial charge in [0.05, 0.1) is 11.2 Å². The highest BCUT2D eigenvalue weighted by molar-refractivity contribution is 6.42. The molecule has 0 aliphatic heterocycles. The Bertz CT molecular complexity index is 576. The third kappa shape index (κ3) is 4.10. The normalized spacial score (nSPS) is 10.6. The summed E-state index contributed by atoms with van der Waals surface area (Å²) in [5, 5.41) is 4.20. The summed E-state index contributed by atoms with van der Waals surface area (Å²) in [5.74, 6) is 1.17. The van der Waals surface area contributed by atoms with Crippen molar-refractivity contribution in [1.29, 1.82) is 0 Å². The first-order valence-corrected chi connectivity index (χ1v) is 7.23. The van der Waals surface area contributed by atoms with Gasteiger partial charge in [-0.2, -0.15) is 0 Å². The van der Waals surface area contributed by atoms with Crippen molar-refractivity contribution in [2.45, 2.75) is 19.9 Å². The second-order valence-corrected chi connectivity index (χ2v) is 5.14. The SMILES string of the molecule is CCCNCc1cncc(Oc2cccc(Cl)c2Cl)c1. The van der Waals surface area contributed by atoms with E-state index in [-0.39, 0.29) is 0 Å². The monoisotopic (exact) mass is 310 g/mol. The van der Waals surface area contributed by atoms with E-state index in [1.54, 1.807) is 24.4 Å². The maximum Gasteiger partial charge on any atom is 0.147 e. The first kappa shape index (κ1) is 15.1. The van der Waals surface area contributed by atoms with Gasteiger partial charge < -0.3 is 10.1 Å². The summed E-state index contributed by atoms with van der Waals surface area (Å²) in [4.78, 5) is 4.17. The third-order valence-electron chi connectivity index (χ3n) is 2.67. The van der Waals surface area contributed by atoms with E-state index in [0.717, 1.165) is 25.1 Å². The standard InChI is InChI=1S/C15H16Cl2N2O/c1-2-6-18-8-11-7-12(10-19-9-11)20-14-5-3-4-13(16)15(14)17/h3-5,7,9-10,18H,2,6,8H2,1H3. The van der Waals surface area contributed by atoms with Crippen LogP contribution in [0, 0.1) is 0 Å². The molecule has 0 saturated carbocycles. The molecular weight excluding hydrogens is 295 g/mol. The highest BCUT2D eigenvalue weighted by Crippen LogP contribution is 2.34. The second-order valence-electron chi connectivity index (χ2n) is 4.36. The van der Waals surface area contributed by atoms with Gasteiger partial charge >= 0.3 is 0 Å². The summed E-state index contributed by atoms with van der Waals surface area (Å²) in [5.41, 5.74) is 1.06. The van der Waals surface area contributed by atoms with Crippen LogP contribution < -0.4 is 10.1 Å². The lowest BCUT2D eigenvalue weighted by Gasteiger charge is -2.09. The molecule has 5 heteroatoms. The lowest BCUT2D eigenvalue weighted by molar-refractivity contribution is 0.479. The fraction of sp³-hybridized carbons (Fsp3) is 0.267. The molecule has 0 saturated heterocycles. The summed E-state index contributed by atoms with van der Waals surface area (Å²) in [6, 6.07) is 7.23. The van der Waals surface area contributed by atoms with E-state index in [4.69, 9.17) is 27.9 Å². The summed E-state index contributed by atoms with van der Waals surface area (Å²) in [6.45, 7) is 3.87. The van der Waals surface area contributed by atoms with Crippen molar-refractivity contribution in [3.63, 3.8) is 0 Å². The van der Waals surface area contributed by atoms with Crippen LogP contribution in [0.5, 0.6) is 11.5 Å². The Kier molecular flexibility index (Phi) is 5.65. The van der Waals surface area contributed by atoms with Crippen LogP contribution in [0.2, 0.25) is 10.0 Å². The van der Waals surface area contributed by atoms with Gasteiger partial charge in [0.25, 0.3) is 0 Å². The Morgan fingerprint density at radius 1 is 1.25 bits per heavy atom. The maximum atomic E-state index is 6.10. The molecule has 1 aromatic carbocycles. The van der Waals surface area contributed by atoms with Crippen molar-refractivity contribution in [3.05, 3.63) is 52.3 Å². The molecule has 0 unspecified atom stereocenters. The summed E-state index contributed by atoms with van der Waals surface area (Å²) in [6.07, 6.45) is 4.57. The molecule has 3 nitrogen and oxygen atoms in total. The van der Waals surface area contributed by atoms with E-state index >= 15 is 0 Å². The van der Waals surface area contributed by atoms with E-state index in [9.17, 15) is 0 Å². The van der Waals surface area contributed by atoms with Gasteiger partial charge in [-0.05, 0) is 36.7 Å². The molecule has 1 aromatic heterocycles. The lowest BCUT2D eigenvalue weighted by Crippen LogP contribution is -2.13. The first-order valence-electron chi connectivity index (χ1n) is 6.47. The first-order chi connectivity index (χ1) is 9.70. The van der Waals surface area contributed by atoms with E-state index in [1.807, 2.05) is 12.3 Å². The van der Waals surface area contributed by atoms with Crippen molar-refractivity contribution < 1.29 is 4.74 Å². The predicted octanol–water partition coefficient (Wildman–Crippen LogP) is 4.68. The molecule has 20 heavy (non-hydrogen) atoms. The van der Waals surface area contributed by atoms with Crippen molar-refractivity contribution in [3.8, 4) is 11.5 Å². The summed E-state index contributed by atoms with van der Waals surface area (Å²) in [7, 11) is 0. The zero-order valence-corrected chi connectivity index (χ0v) is 12.7. The van der Waals surface area contributed by atoms with E-state index in [0.29, 0.717) is 21.5 Å². The molecule has 0 bridgehead atoms. The van der Waals surface area contributed by atoms with Gasteiger partial charge in [-0.25, -0.2) is 0 Å². The van der Waals surface area contributed by atoms with Crippen LogP contribution in [0.25, 0.3) is 0 Å². The van der Waals surface area contributed by atoms with Crippen LogP contribution in [-0.4, -0.2) is 11.5 Å². The molecule has 0 fully saturated rings. The van der Waals surface area contributed by atoms with Gasteiger partial charge in [0, 0.05) is 12.7 Å². The lowest BCUT2D eigenvalue weighted by atomic mass is 10.2. The average Bonchev–Trinajstić information content (AvgIpc) is 2.45. The van der Waals surface area contributed by atoms with Gasteiger partial charge in [0.15, 0.2) is 0 Å². The van der Waals surface area contributed by atoms with Crippen LogP contribution >= 0.6 is 23.2 Å². The van der Waals surface area contributed by atoms with Crippen LogP contribution in [-0.2, 0) is 6.54 Å². The largest absolute Gasteiger partial charge is 0.454 e. The van der Waals surface area contributed by atoms with Gasteiger partial charge in [-0.1, -0.05) is 36.2 Å². The van der Waals surface area contributed by atoms with Gasteiger partial charge in [-0.3, -0.25) is 4.98 Å². The molecular formula is C15H16Cl2N2O. The number of pyridine rings is 1. The number of nitrogens with zero attached hydrogens (tertiary/aromatic N) is 1. The Balaban J connectivity index is 2.09. The predicted molar refractivity (Wildman–Crippen MR) is 82.8 cm³/mol. The molecule has 106 valence electrons. The number of hydrogen-bond donors (Lipinski definition) is 1. The molecule has 2 rings (SSSR count). The van der Waals surface area contributed by atoms with Crippen molar-refractivity contribution >= 4 is 23.2 Å². The van der Waals surface area contributed by atoms with Crippen LogP contribution in [0.1, 0.15) is 18.9 Å². The minimum Gasteiger partial charge on any atom is -0.454 e. The van der Waals surface area contributed by atoms with Gasteiger partial charge in [-0.15, -0.1) is 0 Å². The zero-order chi connectivity index (χ0) is 14.4. The molecule has 0 spiro atoms. The van der Waals surface area contributed by atoms with E-state index in [1.165, 1.54) is 0 Å². The summed E-state index contributed by atoms with van der Waals surface area (Å²) < 4.78 is 5.73. The quantitative estimate of drug-likeness (QED) is 0.787. The highest BCUT2D eigenvalue weighted by Gasteiger charge is 2.07. The smallest absolute Gasteiger partial charge is 0.147 e. The minimum absolute atomic E-state index is 0.406. The molecule has 1 heterocycles. The van der Waals surface area contributed by atoms with Crippen LogP contribution in [0.4, 0.5) is 0 Å². The Labute approximate surface area is 128 Å². The minimum atomic E-state index is 0.406. The van der Waals surface area contributed by atoms with Crippen LogP contribution in [0.15, 0.2) is 36.7 Å². The molecule has 1 N–H and O–H groups in total. The number of ether oxygens (including phenoxy) is 1. The van der Waals surface area contributed by atoms with Crippen LogP contribution in [0.3, 0.4) is 0 Å². The Morgan fingerprint density at radius 2 is 2.10 bits per heavy atom. The molecule has 0 amide bonds. The van der Waals surface area contributed by atoms with E-state index in [2.05, 4.69) is 17.2 Å². The fourth-order valence-electron chi connectivity index (χ4n) is 1.72. The number of rotatable bonds is 6. The molecule has 2 aromatic rings. The second kappa shape index (κ2) is 7.48. The van der Waals surface area contributed by atoms with Crippen molar-refractivity contribution in [2.24, 2.45) is 0 Å². The Morgan fingerprint density at radius 3 is 2.90 bits per heavy atom. The third-order valence-corrected chi connectivity index (χ3v) is 3.47. The molecule has 0 aliphatic carbocycles. The maximum absolute atomic E-state index is 6.10. The summed E-state index contributed by atoms with van der Waals surface area (Å²) >= 11 is 12.1. The van der Waals surface area contributed by atoms with Gasteiger partial charge in [0.2, 0.25) is 0 Å². The number of aromatic nitrogens is 1. The van der Waals surface area contributed by atoms with Crippen molar-refractivity contribution in [1.82, 2.24) is 10.3 Å². The number of hydrogen-bond acceptors (Lipinski definition) is 3. The van der Waals surface area contributed by atoms with E-state index < -0.39 is 0 Å². The topological polar surface area (TPSA) is 34.2 Å². The fourth-order valence-corrected chi connectivity index (χ4v) is 2.05. The van der Waals surface area contributed by atoms with Gasteiger partial charge in [0.1, 0.15) is 16.5 Å². The molecule has 0 radical (unpaired) electrons.